The lowest BCUT2D eigenvalue weighted by Crippen LogP contribution is -2.05. The van der Waals surface area contributed by atoms with Gasteiger partial charge in [-0.3, -0.25) is 4.99 Å². The van der Waals surface area contributed by atoms with Crippen molar-refractivity contribution in [3.05, 3.63) is 60.8 Å². The Balaban J connectivity index is 1.66. The molecule has 1 aliphatic carbocycles. The standard InChI is InChI=1S/C23H25N7O3/c24-17-13-18(25)20(14-19(17)27-16-6-4-15(5-7-16)26-8-10-31)28-22-21-3-1-2-9-30(21)29-23(22)33-12-11-32/h1-7,9,13-14,28,31-32H,8,10-12,24-25H2. The van der Waals surface area contributed by atoms with Gasteiger partial charge in [0.1, 0.15) is 12.3 Å². The lowest BCUT2D eigenvalue weighted by atomic mass is 10.1. The number of pyridine rings is 1. The number of allylic oxidation sites excluding steroid dienone is 4. The van der Waals surface area contributed by atoms with E-state index in [4.69, 9.17) is 26.4 Å². The van der Waals surface area contributed by atoms with Gasteiger partial charge in [0.2, 0.25) is 0 Å². The van der Waals surface area contributed by atoms with Gasteiger partial charge >= 0.3 is 0 Å². The van der Waals surface area contributed by atoms with E-state index >= 15 is 0 Å². The van der Waals surface area contributed by atoms with Gasteiger partial charge in [-0.1, -0.05) is 6.07 Å². The number of aliphatic imine (C=N–C) groups is 2. The Morgan fingerprint density at radius 3 is 2.55 bits per heavy atom. The summed E-state index contributed by atoms with van der Waals surface area (Å²) in [6, 6.07) is 9.05. The van der Waals surface area contributed by atoms with Gasteiger partial charge in [0, 0.05) is 6.20 Å². The fourth-order valence-corrected chi connectivity index (χ4v) is 3.25. The number of hydrogen-bond acceptors (Lipinski definition) is 9. The number of fused-ring (bicyclic) bond motifs is 1. The number of anilines is 4. The summed E-state index contributed by atoms with van der Waals surface area (Å²) in [7, 11) is 0. The summed E-state index contributed by atoms with van der Waals surface area (Å²) >= 11 is 0. The van der Waals surface area contributed by atoms with Crippen molar-refractivity contribution in [2.24, 2.45) is 9.98 Å². The molecule has 0 saturated heterocycles. The Morgan fingerprint density at radius 1 is 1.00 bits per heavy atom. The number of nitrogens with one attached hydrogen (secondary N) is 1. The van der Waals surface area contributed by atoms with Gasteiger partial charge in [-0.05, 0) is 48.6 Å². The number of aromatic nitrogens is 2. The number of nitrogen functional groups attached to an aromatic ring is 2. The number of aliphatic hydroxyl groups excluding tert-OH is 2. The fraction of sp³-hybridized carbons (Fsp3) is 0.174. The summed E-state index contributed by atoms with van der Waals surface area (Å²) in [4.78, 5) is 8.86. The molecule has 0 unspecified atom stereocenters. The van der Waals surface area contributed by atoms with Crippen molar-refractivity contribution >= 4 is 45.4 Å². The van der Waals surface area contributed by atoms with Crippen LogP contribution in [0.5, 0.6) is 5.88 Å². The Bertz CT molecular complexity index is 1260. The van der Waals surface area contributed by atoms with Crippen LogP contribution in [0.2, 0.25) is 0 Å². The molecule has 0 spiro atoms. The number of ether oxygens (including phenoxy) is 1. The number of aliphatic hydroxyl groups is 2. The number of hydrogen-bond donors (Lipinski definition) is 5. The average molecular weight is 447 g/mol. The average Bonchev–Trinajstić information content (AvgIpc) is 3.17. The second-order valence-electron chi connectivity index (χ2n) is 7.14. The minimum Gasteiger partial charge on any atom is -0.473 e. The zero-order valence-corrected chi connectivity index (χ0v) is 17.8. The minimum atomic E-state index is -0.133. The molecule has 0 radical (unpaired) electrons. The molecule has 7 N–H and O–H groups in total. The Morgan fingerprint density at radius 2 is 1.79 bits per heavy atom. The van der Waals surface area contributed by atoms with Crippen LogP contribution in [0.25, 0.3) is 5.52 Å². The van der Waals surface area contributed by atoms with Crippen LogP contribution in [-0.4, -0.2) is 57.6 Å². The monoisotopic (exact) mass is 447 g/mol. The molecule has 2 heterocycles. The van der Waals surface area contributed by atoms with Crippen LogP contribution in [-0.2, 0) is 0 Å². The molecule has 170 valence electrons. The Kier molecular flexibility index (Phi) is 6.67. The Labute approximate surface area is 190 Å². The third-order valence-corrected chi connectivity index (χ3v) is 4.79. The molecule has 3 aromatic rings. The van der Waals surface area contributed by atoms with E-state index < -0.39 is 0 Å². The van der Waals surface area contributed by atoms with Crippen LogP contribution >= 0.6 is 0 Å². The lowest BCUT2D eigenvalue weighted by Gasteiger charge is -2.13. The predicted molar refractivity (Wildman–Crippen MR) is 131 cm³/mol. The second-order valence-corrected chi connectivity index (χ2v) is 7.14. The van der Waals surface area contributed by atoms with Crippen LogP contribution in [0.3, 0.4) is 0 Å². The van der Waals surface area contributed by atoms with E-state index in [0.717, 1.165) is 11.2 Å². The first kappa shape index (κ1) is 22.1. The maximum absolute atomic E-state index is 9.15. The van der Waals surface area contributed by atoms with Gasteiger partial charge in [-0.15, -0.1) is 5.10 Å². The third kappa shape index (κ3) is 5.03. The largest absolute Gasteiger partial charge is 0.473 e. The molecule has 4 rings (SSSR count). The van der Waals surface area contributed by atoms with Gasteiger partial charge in [0.25, 0.3) is 5.88 Å². The van der Waals surface area contributed by atoms with Crippen molar-refractivity contribution in [3.8, 4) is 5.88 Å². The van der Waals surface area contributed by atoms with E-state index in [0.29, 0.717) is 46.6 Å². The van der Waals surface area contributed by atoms with E-state index in [1.54, 1.807) is 22.8 Å². The van der Waals surface area contributed by atoms with Crippen molar-refractivity contribution in [1.82, 2.24) is 9.61 Å². The quantitative estimate of drug-likeness (QED) is 0.262. The highest BCUT2D eigenvalue weighted by molar-refractivity contribution is 6.19. The van der Waals surface area contributed by atoms with Crippen molar-refractivity contribution < 1.29 is 14.9 Å². The highest BCUT2D eigenvalue weighted by Crippen LogP contribution is 2.37. The van der Waals surface area contributed by atoms with Crippen LogP contribution in [0.1, 0.15) is 0 Å². The normalized spacial score (nSPS) is 12.9. The molecule has 0 bridgehead atoms. The van der Waals surface area contributed by atoms with E-state index in [1.165, 1.54) is 0 Å². The summed E-state index contributed by atoms with van der Waals surface area (Å²) in [5.41, 5.74) is 17.3. The summed E-state index contributed by atoms with van der Waals surface area (Å²) in [5, 5.41) is 25.8. The Hall–Kier alpha value is -4.15. The zero-order valence-electron chi connectivity index (χ0n) is 17.8. The van der Waals surface area contributed by atoms with E-state index in [-0.39, 0.29) is 19.8 Å². The smallest absolute Gasteiger partial charge is 0.258 e. The van der Waals surface area contributed by atoms with E-state index in [1.807, 2.05) is 42.5 Å². The molecule has 1 aromatic carbocycles. The lowest BCUT2D eigenvalue weighted by molar-refractivity contribution is 0.197. The SMILES string of the molecule is Nc1cc(N)c(Nc2c(OCCO)nn3ccccc23)cc1N=C1C=CC(=NCCO)C=C1. The van der Waals surface area contributed by atoms with E-state index in [9.17, 15) is 0 Å². The molecule has 10 heteroatoms. The fourth-order valence-electron chi connectivity index (χ4n) is 3.25. The zero-order chi connectivity index (χ0) is 23.2. The number of benzene rings is 1. The highest BCUT2D eigenvalue weighted by Gasteiger charge is 2.16. The van der Waals surface area contributed by atoms with Gasteiger partial charge < -0.3 is 31.7 Å². The molecular weight excluding hydrogens is 422 g/mol. The highest BCUT2D eigenvalue weighted by atomic mass is 16.5. The van der Waals surface area contributed by atoms with Crippen molar-refractivity contribution in [2.45, 2.75) is 0 Å². The van der Waals surface area contributed by atoms with Crippen LogP contribution in [0.15, 0.2) is 70.8 Å². The van der Waals surface area contributed by atoms with Crippen LogP contribution in [0.4, 0.5) is 28.4 Å². The van der Waals surface area contributed by atoms with Crippen molar-refractivity contribution in [3.63, 3.8) is 0 Å². The maximum Gasteiger partial charge on any atom is 0.258 e. The molecular formula is C23H25N7O3. The van der Waals surface area contributed by atoms with Crippen LogP contribution < -0.4 is 21.5 Å². The second kappa shape index (κ2) is 9.98. The van der Waals surface area contributed by atoms with Gasteiger partial charge in [0.05, 0.1) is 59.4 Å². The molecule has 0 fully saturated rings. The molecule has 0 saturated carbocycles. The molecule has 1 aliphatic rings. The molecule has 0 atom stereocenters. The first-order valence-electron chi connectivity index (χ1n) is 10.4. The number of nitrogens with two attached hydrogens (primary N) is 2. The molecule has 0 aliphatic heterocycles. The molecule has 10 nitrogen and oxygen atoms in total. The van der Waals surface area contributed by atoms with E-state index in [2.05, 4.69) is 20.4 Å². The van der Waals surface area contributed by atoms with Crippen LogP contribution in [0, 0.1) is 0 Å². The first-order chi connectivity index (χ1) is 16.1. The van der Waals surface area contributed by atoms with Gasteiger partial charge in [-0.25, -0.2) is 9.51 Å². The topological polar surface area (TPSA) is 156 Å². The number of nitrogens with zero attached hydrogens (tertiary/aromatic N) is 4. The van der Waals surface area contributed by atoms with Crippen molar-refractivity contribution in [2.75, 3.05) is 43.1 Å². The first-order valence-corrected chi connectivity index (χ1v) is 10.4. The summed E-state index contributed by atoms with van der Waals surface area (Å²) in [6.07, 6.45) is 9.10. The predicted octanol–water partition coefficient (Wildman–Crippen LogP) is 2.25. The molecule has 33 heavy (non-hydrogen) atoms. The molecule has 0 amide bonds. The molecule has 2 aromatic heterocycles. The van der Waals surface area contributed by atoms with Gasteiger partial charge in [-0.2, -0.15) is 0 Å². The number of rotatable bonds is 8. The van der Waals surface area contributed by atoms with Gasteiger partial charge in [0.15, 0.2) is 0 Å². The summed E-state index contributed by atoms with van der Waals surface area (Å²) < 4.78 is 7.29. The van der Waals surface area contributed by atoms with Crippen molar-refractivity contribution in [1.29, 1.82) is 0 Å². The summed E-state index contributed by atoms with van der Waals surface area (Å²) in [5.74, 6) is 0.340. The minimum absolute atomic E-state index is 0.00330. The maximum atomic E-state index is 9.15. The third-order valence-electron chi connectivity index (χ3n) is 4.79. The summed E-state index contributed by atoms with van der Waals surface area (Å²) in [6.45, 7) is 0.330.